The van der Waals surface area contributed by atoms with Gasteiger partial charge in [-0.15, -0.1) is 0 Å². The number of hydrogen-bond donors (Lipinski definition) is 1. The van der Waals surface area contributed by atoms with Gasteiger partial charge in [0.2, 0.25) is 0 Å². The van der Waals surface area contributed by atoms with Gasteiger partial charge in [-0.25, -0.2) is 9.59 Å². The van der Waals surface area contributed by atoms with Gasteiger partial charge in [0.25, 0.3) is 6.29 Å². The summed E-state index contributed by atoms with van der Waals surface area (Å²) in [5.41, 5.74) is -4.80. The maximum atomic E-state index is 14.2. The maximum absolute atomic E-state index is 14.2. The second-order valence-corrected chi connectivity index (χ2v) is 12.9. The minimum atomic E-state index is -1.51. The average molecular weight is 519 g/mol. The van der Waals surface area contributed by atoms with Crippen molar-refractivity contribution >= 4 is 23.7 Å². The van der Waals surface area contributed by atoms with Gasteiger partial charge < -0.3 is 28.8 Å². The summed E-state index contributed by atoms with van der Waals surface area (Å²) in [4.78, 5) is 51.7. The third-order valence-corrected chi connectivity index (χ3v) is 11.0. The monoisotopic (exact) mass is 518 g/mol. The quantitative estimate of drug-likeness (QED) is 0.426. The van der Waals surface area contributed by atoms with Crippen LogP contribution in [0.3, 0.4) is 0 Å². The molecule has 0 aromatic heterocycles. The Labute approximate surface area is 215 Å². The van der Waals surface area contributed by atoms with Crippen molar-refractivity contribution in [3.8, 4) is 0 Å². The highest BCUT2D eigenvalue weighted by Gasteiger charge is 2.90. The van der Waals surface area contributed by atoms with E-state index >= 15 is 0 Å². The summed E-state index contributed by atoms with van der Waals surface area (Å²) in [5, 5.41) is 11.6. The number of ketones is 1. The zero-order valence-electron chi connectivity index (χ0n) is 22.2. The number of aliphatic hydroxyl groups is 1. The van der Waals surface area contributed by atoms with Crippen LogP contribution in [-0.4, -0.2) is 64.3 Å². The molecule has 3 saturated heterocycles. The van der Waals surface area contributed by atoms with E-state index in [1.165, 1.54) is 13.0 Å². The molecule has 0 aromatic carbocycles. The lowest BCUT2D eigenvalue weighted by molar-refractivity contribution is -0.271. The Balaban J connectivity index is 1.47. The molecule has 1 N–H and O–H groups in total. The van der Waals surface area contributed by atoms with Crippen LogP contribution in [-0.2, 0) is 42.9 Å². The normalized spacial score (nSPS) is 53.1. The topological polar surface area (TPSA) is 138 Å². The molecule has 0 radical (unpaired) electrons. The molecular formula is C27H34O10. The van der Waals surface area contributed by atoms with Gasteiger partial charge in [0.1, 0.15) is 17.5 Å². The number of ether oxygens (including phenoxy) is 5. The Bertz CT molecular complexity index is 1190. The van der Waals surface area contributed by atoms with Gasteiger partial charge in [-0.3, -0.25) is 9.59 Å². The Morgan fingerprint density at radius 1 is 1.03 bits per heavy atom. The third-order valence-electron chi connectivity index (χ3n) is 11.0. The minimum Gasteiger partial charge on any atom is -0.454 e. The molecule has 2 aliphatic carbocycles. The molecule has 10 heteroatoms. The molecular weight excluding hydrogens is 484 g/mol. The minimum absolute atomic E-state index is 0.0445. The van der Waals surface area contributed by atoms with Crippen molar-refractivity contribution in [1.29, 1.82) is 0 Å². The molecule has 37 heavy (non-hydrogen) atoms. The van der Waals surface area contributed by atoms with Gasteiger partial charge in [-0.05, 0) is 46.5 Å². The second-order valence-electron chi connectivity index (χ2n) is 12.9. The van der Waals surface area contributed by atoms with Crippen molar-refractivity contribution in [2.24, 2.45) is 28.1 Å². The summed E-state index contributed by atoms with van der Waals surface area (Å²) in [6.07, 6.45) is -0.741. The van der Waals surface area contributed by atoms with E-state index in [-0.39, 0.29) is 29.6 Å². The first kappa shape index (κ1) is 25.0. The van der Waals surface area contributed by atoms with Gasteiger partial charge in [0.05, 0.1) is 16.6 Å². The molecule has 4 aliphatic heterocycles. The number of carbonyl (C=O) groups excluding carboxylic acids is 4. The van der Waals surface area contributed by atoms with E-state index in [9.17, 15) is 24.3 Å². The zero-order valence-corrected chi connectivity index (χ0v) is 22.2. The smallest absolute Gasteiger partial charge is 0.341 e. The van der Waals surface area contributed by atoms with Gasteiger partial charge in [0, 0.05) is 36.2 Å². The van der Waals surface area contributed by atoms with Crippen molar-refractivity contribution < 1.29 is 48.0 Å². The highest BCUT2D eigenvalue weighted by molar-refractivity contribution is 5.96. The second kappa shape index (κ2) is 6.82. The molecule has 2 saturated carbocycles. The highest BCUT2D eigenvalue weighted by atomic mass is 16.7. The van der Waals surface area contributed by atoms with Crippen LogP contribution in [0, 0.1) is 28.1 Å². The van der Waals surface area contributed by atoms with E-state index in [0.29, 0.717) is 12.8 Å². The molecule has 10 nitrogen and oxygen atoms in total. The van der Waals surface area contributed by atoms with Crippen molar-refractivity contribution in [3.63, 3.8) is 0 Å². The Kier molecular flexibility index (Phi) is 4.61. The van der Waals surface area contributed by atoms with Gasteiger partial charge in [-0.2, -0.15) is 0 Å². The van der Waals surface area contributed by atoms with Crippen molar-refractivity contribution in [3.05, 3.63) is 11.6 Å². The largest absolute Gasteiger partial charge is 0.454 e. The van der Waals surface area contributed by atoms with Crippen LogP contribution in [0.5, 0.6) is 0 Å². The van der Waals surface area contributed by atoms with Gasteiger partial charge in [0.15, 0.2) is 11.9 Å². The van der Waals surface area contributed by atoms with Crippen LogP contribution < -0.4 is 0 Å². The summed E-state index contributed by atoms with van der Waals surface area (Å²) in [7, 11) is 0. The molecule has 1 spiro atoms. The predicted molar refractivity (Wildman–Crippen MR) is 123 cm³/mol. The lowest BCUT2D eigenvalue weighted by atomic mass is 9.37. The van der Waals surface area contributed by atoms with Crippen molar-refractivity contribution in [2.75, 3.05) is 0 Å². The predicted octanol–water partition coefficient (Wildman–Crippen LogP) is 1.96. The maximum Gasteiger partial charge on any atom is 0.341 e. The van der Waals surface area contributed by atoms with Crippen LogP contribution in [0.15, 0.2) is 11.6 Å². The first-order chi connectivity index (χ1) is 17.0. The highest BCUT2D eigenvalue weighted by Crippen LogP contribution is 2.79. The van der Waals surface area contributed by atoms with Crippen LogP contribution in [0.2, 0.25) is 0 Å². The Morgan fingerprint density at radius 3 is 2.35 bits per heavy atom. The summed E-state index contributed by atoms with van der Waals surface area (Å²) in [5.74, 6) is -4.16. The fourth-order valence-corrected chi connectivity index (χ4v) is 9.31. The summed E-state index contributed by atoms with van der Waals surface area (Å²) in [6.45, 7) is 12.4. The summed E-state index contributed by atoms with van der Waals surface area (Å²) in [6, 6.07) is 0. The molecule has 1 unspecified atom stereocenters. The zero-order chi connectivity index (χ0) is 27.1. The molecule has 6 aliphatic rings. The third kappa shape index (κ3) is 2.62. The Morgan fingerprint density at radius 2 is 1.70 bits per heavy atom. The number of fused-ring (bicyclic) bond motifs is 3. The first-order valence-corrected chi connectivity index (χ1v) is 12.9. The molecule has 5 fully saturated rings. The van der Waals surface area contributed by atoms with E-state index in [1.807, 2.05) is 34.6 Å². The molecule has 0 bridgehead atoms. The van der Waals surface area contributed by atoms with Gasteiger partial charge >= 0.3 is 17.9 Å². The molecule has 4 heterocycles. The number of cyclic esters (lactones) is 2. The average Bonchev–Trinajstić information content (AvgIpc) is 3.42. The lowest BCUT2D eigenvalue weighted by Crippen LogP contribution is -2.73. The van der Waals surface area contributed by atoms with Crippen LogP contribution in [0.1, 0.15) is 67.7 Å². The lowest BCUT2D eigenvalue weighted by Gasteiger charge is -2.64. The summed E-state index contributed by atoms with van der Waals surface area (Å²) >= 11 is 0. The molecule has 6 rings (SSSR count). The fraction of sp³-hybridized carbons (Fsp3) is 0.778. The Hall–Kier alpha value is -2.30. The molecule has 10 atom stereocenters. The van der Waals surface area contributed by atoms with E-state index < -0.39 is 69.6 Å². The van der Waals surface area contributed by atoms with E-state index in [4.69, 9.17) is 23.7 Å². The molecule has 0 amide bonds. The SMILES string of the molecule is CC(=O)OC1C=C([C@@H]2OC(=O)[C@H]3O[C@@]34[C@@]2(C)CC[C@@H]2[C@]3(C)[C@@H](CC(=O)[C@]24C)C(C)(C)O[C@]3(C)O)C(=O)O1. The van der Waals surface area contributed by atoms with Crippen molar-refractivity contribution in [2.45, 2.75) is 103 Å². The van der Waals surface area contributed by atoms with Crippen LogP contribution in [0.4, 0.5) is 0 Å². The summed E-state index contributed by atoms with van der Waals surface area (Å²) < 4.78 is 28.5. The standard InChI is InChI=1S/C27H34O10/c1-12(28)33-17-10-13(20(30)34-17)18-23(4)9-8-14-24(5)15(22(2,3)37-26(24,7)32)11-16(29)25(14,6)27(23)19(36-27)21(31)35-18/h10,14-15,17-19,32H,8-9,11H2,1-7H3/t14-,15+,17?,18+,19-,23+,24-,25+,26+,27-/m1/s1. The number of rotatable bonds is 2. The number of hydrogen-bond acceptors (Lipinski definition) is 10. The first-order valence-electron chi connectivity index (χ1n) is 12.9. The van der Waals surface area contributed by atoms with Gasteiger partial charge in [-0.1, -0.05) is 13.8 Å². The van der Waals surface area contributed by atoms with Crippen LogP contribution in [0.25, 0.3) is 0 Å². The number of Topliss-reactive ketones (excluding diaryl/α,β-unsaturated/α-hetero) is 1. The molecule has 202 valence electrons. The number of carbonyl (C=O) groups is 4. The number of epoxide rings is 1. The molecule has 0 aromatic rings. The van der Waals surface area contributed by atoms with Crippen molar-refractivity contribution in [1.82, 2.24) is 0 Å². The van der Waals surface area contributed by atoms with E-state index in [2.05, 4.69) is 0 Å². The number of esters is 3. The van der Waals surface area contributed by atoms with Crippen LogP contribution >= 0.6 is 0 Å². The fourth-order valence-electron chi connectivity index (χ4n) is 9.31. The van der Waals surface area contributed by atoms with E-state index in [0.717, 1.165) is 0 Å². The van der Waals surface area contributed by atoms with E-state index in [1.54, 1.807) is 6.92 Å².